The van der Waals surface area contributed by atoms with Crippen molar-refractivity contribution in [2.75, 3.05) is 21.3 Å². The van der Waals surface area contributed by atoms with Crippen LogP contribution in [0.3, 0.4) is 0 Å². The summed E-state index contributed by atoms with van der Waals surface area (Å²) in [5, 5.41) is 0. The van der Waals surface area contributed by atoms with Crippen molar-refractivity contribution in [2.24, 2.45) is 0 Å². The van der Waals surface area contributed by atoms with E-state index in [9.17, 15) is 30.0 Å². The van der Waals surface area contributed by atoms with Gasteiger partial charge in [0.15, 0.2) is 11.5 Å². The third-order valence-corrected chi connectivity index (χ3v) is 5.88. The van der Waals surface area contributed by atoms with Crippen LogP contribution in [0.1, 0.15) is 15.9 Å². The minimum atomic E-state index is -4.89. The Balaban J connectivity index is 2.86. The second kappa shape index (κ2) is 9.80. The largest absolute Gasteiger partial charge is 0.449 e. The predicted octanol–water partition coefficient (Wildman–Crippen LogP) is 0.728. The first-order chi connectivity index (χ1) is 14.8. The molecule has 32 heavy (non-hydrogen) atoms. The van der Waals surface area contributed by atoms with Crippen LogP contribution in [0.25, 0.3) is 0 Å². The maximum absolute atomic E-state index is 12.9. The Morgan fingerprint density at radius 1 is 0.625 bits per heavy atom. The van der Waals surface area contributed by atoms with Gasteiger partial charge in [0.1, 0.15) is 0 Å². The van der Waals surface area contributed by atoms with Gasteiger partial charge in [0, 0.05) is 5.56 Å². The number of ketones is 1. The molecule has 0 amide bonds. The quantitative estimate of drug-likeness (QED) is 0.386. The first kappa shape index (κ1) is 25.5. The second-order valence-corrected chi connectivity index (χ2v) is 9.39. The molecule has 0 atom stereocenters. The summed E-state index contributed by atoms with van der Waals surface area (Å²) in [5.41, 5.74) is -0.494. The average molecular weight is 512 g/mol. The highest BCUT2D eigenvalue weighted by atomic mass is 32.3. The van der Waals surface area contributed by atoms with Crippen LogP contribution in [-0.2, 0) is 43.7 Å². The van der Waals surface area contributed by atoms with E-state index in [1.807, 2.05) is 0 Å². The van der Waals surface area contributed by atoms with Gasteiger partial charge in [-0.3, -0.25) is 4.79 Å². The van der Waals surface area contributed by atoms with Crippen LogP contribution in [-0.4, -0.2) is 52.4 Å². The molecule has 2 rings (SSSR count). The van der Waals surface area contributed by atoms with E-state index in [2.05, 4.69) is 20.9 Å². The summed E-state index contributed by atoms with van der Waals surface area (Å²) in [6, 6.07) is 9.12. The van der Waals surface area contributed by atoms with Crippen LogP contribution >= 0.6 is 0 Å². The normalized spacial score (nSPS) is 12.2. The van der Waals surface area contributed by atoms with Crippen molar-refractivity contribution in [2.45, 2.75) is 0 Å². The fourth-order valence-corrected chi connectivity index (χ4v) is 3.40. The van der Waals surface area contributed by atoms with Crippen molar-refractivity contribution in [3.63, 3.8) is 0 Å². The molecule has 0 aliphatic heterocycles. The second-order valence-electron chi connectivity index (χ2n) is 5.44. The van der Waals surface area contributed by atoms with Crippen LogP contribution in [0.2, 0.25) is 0 Å². The highest BCUT2D eigenvalue weighted by Gasteiger charge is 2.32. The lowest BCUT2D eigenvalue weighted by atomic mass is 10.0. The lowest BCUT2D eigenvalue weighted by Gasteiger charge is -2.17. The van der Waals surface area contributed by atoms with Crippen molar-refractivity contribution in [3.8, 4) is 17.2 Å². The van der Waals surface area contributed by atoms with Crippen LogP contribution in [0, 0.1) is 0 Å². The van der Waals surface area contributed by atoms with Crippen molar-refractivity contribution in [1.29, 1.82) is 0 Å². The van der Waals surface area contributed by atoms with Crippen LogP contribution in [0.4, 0.5) is 0 Å². The molecule has 0 N–H and O–H groups in total. The molecule has 176 valence electrons. The smallest absolute Gasteiger partial charge is 0.357 e. The van der Waals surface area contributed by atoms with Gasteiger partial charge in [-0.25, -0.2) is 12.5 Å². The zero-order valence-corrected chi connectivity index (χ0v) is 19.0. The van der Waals surface area contributed by atoms with E-state index in [4.69, 9.17) is 4.18 Å². The van der Waals surface area contributed by atoms with E-state index in [0.717, 1.165) is 26.4 Å². The Morgan fingerprint density at radius 2 is 1.09 bits per heavy atom. The van der Waals surface area contributed by atoms with Crippen molar-refractivity contribution in [3.05, 3.63) is 53.6 Å². The number of hydrogen-bond acceptors (Lipinski definition) is 13. The molecule has 2 aromatic rings. The molecule has 2 aromatic carbocycles. The van der Waals surface area contributed by atoms with E-state index >= 15 is 0 Å². The minimum absolute atomic E-state index is 0.0471. The Morgan fingerprint density at radius 3 is 1.59 bits per heavy atom. The zero-order valence-electron chi connectivity index (χ0n) is 16.6. The molecule has 0 bridgehead atoms. The van der Waals surface area contributed by atoms with Crippen molar-refractivity contribution in [1.82, 2.24) is 0 Å². The summed E-state index contributed by atoms with van der Waals surface area (Å²) in [4.78, 5) is 12.9. The lowest BCUT2D eigenvalue weighted by Crippen LogP contribution is -2.19. The molecule has 0 fully saturated rings. The van der Waals surface area contributed by atoms with Gasteiger partial charge in [0.25, 0.3) is 0 Å². The molecule has 0 aliphatic carbocycles. The predicted molar refractivity (Wildman–Crippen MR) is 106 cm³/mol. The summed E-state index contributed by atoms with van der Waals surface area (Å²) >= 11 is 0. The van der Waals surface area contributed by atoms with Crippen LogP contribution < -0.4 is 12.5 Å². The summed E-state index contributed by atoms with van der Waals surface area (Å²) < 4.78 is 97.5. The topological polar surface area (TPSA) is 175 Å². The monoisotopic (exact) mass is 512 g/mol. The fraction of sp³-hybridized carbons (Fsp3) is 0.188. The van der Waals surface area contributed by atoms with E-state index in [1.165, 1.54) is 24.3 Å². The molecular weight excluding hydrogens is 496 g/mol. The van der Waals surface area contributed by atoms with Gasteiger partial charge in [-0.05, 0) is 12.1 Å². The molecule has 16 heteroatoms. The molecule has 0 radical (unpaired) electrons. The first-order valence-corrected chi connectivity index (χ1v) is 12.1. The average Bonchev–Trinajstić information content (AvgIpc) is 2.76. The van der Waals surface area contributed by atoms with Crippen molar-refractivity contribution >= 4 is 37.0 Å². The van der Waals surface area contributed by atoms with Gasteiger partial charge in [-0.1, -0.05) is 30.3 Å². The van der Waals surface area contributed by atoms with E-state index in [-0.39, 0.29) is 5.56 Å². The summed E-state index contributed by atoms with van der Waals surface area (Å²) in [6.45, 7) is 0. The number of hydrogen-bond donors (Lipinski definition) is 0. The van der Waals surface area contributed by atoms with E-state index in [0.29, 0.717) is 7.11 Å². The molecule has 0 aliphatic rings. The molecule has 0 unspecified atom stereocenters. The minimum Gasteiger partial charge on any atom is -0.357 e. The van der Waals surface area contributed by atoms with Gasteiger partial charge >= 0.3 is 31.2 Å². The lowest BCUT2D eigenvalue weighted by molar-refractivity contribution is 0.103. The highest BCUT2D eigenvalue weighted by molar-refractivity contribution is 7.82. The first-order valence-electron chi connectivity index (χ1n) is 8.11. The van der Waals surface area contributed by atoms with E-state index in [1.54, 1.807) is 6.07 Å². The number of benzene rings is 2. The summed E-state index contributed by atoms with van der Waals surface area (Å²) in [7, 11) is -12.3. The number of rotatable bonds is 11. The number of carbonyl (C=O) groups is 1. The molecule has 0 aromatic heterocycles. The molecule has 0 heterocycles. The standard InChI is InChI=1S/C16H16O13S3/c1-24-30(18,19)27-13-10-9-12(14(17)11-7-5-4-6-8-11)15(28-31(20,21)25-2)16(13)29-32(22,23)26-3/h4-10H,1-3H3. The molecule has 0 saturated carbocycles. The summed E-state index contributed by atoms with van der Waals surface area (Å²) in [5.74, 6) is -3.94. The molecule has 13 nitrogen and oxygen atoms in total. The van der Waals surface area contributed by atoms with Gasteiger partial charge in [-0.2, -0.15) is 25.3 Å². The van der Waals surface area contributed by atoms with Crippen molar-refractivity contribution < 1.29 is 55.1 Å². The van der Waals surface area contributed by atoms with Gasteiger partial charge in [0.05, 0.1) is 26.9 Å². The molecule has 0 spiro atoms. The number of carbonyl (C=O) groups excluding carboxylic acids is 1. The third-order valence-electron chi connectivity index (χ3n) is 3.53. The van der Waals surface area contributed by atoms with Crippen LogP contribution in [0.15, 0.2) is 42.5 Å². The van der Waals surface area contributed by atoms with Crippen LogP contribution in [0.5, 0.6) is 17.2 Å². The highest BCUT2D eigenvalue weighted by Crippen LogP contribution is 2.43. The van der Waals surface area contributed by atoms with Gasteiger partial charge < -0.3 is 12.5 Å². The molecular formula is C16H16O13S3. The molecule has 0 saturated heterocycles. The maximum Gasteiger partial charge on any atom is 0.449 e. The van der Waals surface area contributed by atoms with E-state index < -0.39 is 59.8 Å². The summed E-state index contributed by atoms with van der Waals surface area (Å²) in [6.07, 6.45) is 0. The van der Waals surface area contributed by atoms with Gasteiger partial charge in [-0.15, -0.1) is 0 Å². The Kier molecular flexibility index (Phi) is 7.81. The SMILES string of the molecule is COS(=O)(=O)Oc1ccc(C(=O)c2ccccc2)c(OS(=O)(=O)OC)c1OS(=O)(=O)OC. The van der Waals surface area contributed by atoms with Gasteiger partial charge in [0.2, 0.25) is 11.5 Å². The zero-order chi connectivity index (χ0) is 24.2. The Bertz CT molecular complexity index is 1300. The third kappa shape index (κ3) is 6.38. The maximum atomic E-state index is 12.9. The Labute approximate surface area is 184 Å². The Hall–Kier alpha value is -2.76. The fourth-order valence-electron chi connectivity index (χ4n) is 2.11.